The fourth-order valence-corrected chi connectivity index (χ4v) is 2.43. The molecule has 4 heteroatoms. The molecule has 0 bridgehead atoms. The highest BCUT2D eigenvalue weighted by Crippen LogP contribution is 2.32. The largest absolute Gasteiger partial charge is 0.483 e. The Morgan fingerprint density at radius 3 is 2.74 bits per heavy atom. The Morgan fingerprint density at radius 1 is 1.42 bits per heavy atom. The summed E-state index contributed by atoms with van der Waals surface area (Å²) >= 11 is 2.14. The third-order valence-corrected chi connectivity index (χ3v) is 3.91. The Labute approximate surface area is 125 Å². The average molecular weight is 370 g/mol. The second-order valence-corrected chi connectivity index (χ2v) is 5.99. The summed E-state index contributed by atoms with van der Waals surface area (Å²) in [5.74, 6) is 0.687. The van der Waals surface area contributed by atoms with Crippen LogP contribution < -0.4 is 10.4 Å². The number of hydrogen-bond donors (Lipinski definition) is 0. The predicted octanol–water partition coefficient (Wildman–Crippen LogP) is 4.05. The molecule has 19 heavy (non-hydrogen) atoms. The summed E-state index contributed by atoms with van der Waals surface area (Å²) in [6.07, 6.45) is 1.74. The Morgan fingerprint density at radius 2 is 2.11 bits per heavy atom. The lowest BCUT2D eigenvalue weighted by Gasteiger charge is -2.23. The lowest BCUT2D eigenvalue weighted by Crippen LogP contribution is -2.25. The fourth-order valence-electron chi connectivity index (χ4n) is 1.74. The van der Waals surface area contributed by atoms with Crippen molar-refractivity contribution in [3.05, 3.63) is 50.4 Å². The van der Waals surface area contributed by atoms with E-state index in [-0.39, 0.29) is 5.63 Å². The van der Waals surface area contributed by atoms with E-state index in [1.54, 1.807) is 6.08 Å². The summed E-state index contributed by atoms with van der Waals surface area (Å²) < 4.78 is 12.0. The summed E-state index contributed by atoms with van der Waals surface area (Å²) in [5, 5.41) is 0.924. The summed E-state index contributed by atoms with van der Waals surface area (Å²) in [7, 11) is 0. The molecule has 1 aromatic heterocycles. The fraction of sp³-hybridized carbons (Fsp3) is 0.267. The second-order valence-electron chi connectivity index (χ2n) is 4.91. The van der Waals surface area contributed by atoms with Crippen molar-refractivity contribution in [3.8, 4) is 5.75 Å². The van der Waals surface area contributed by atoms with Gasteiger partial charge in [-0.25, -0.2) is 4.79 Å². The normalized spacial score (nSPS) is 11.6. The van der Waals surface area contributed by atoms with E-state index in [1.807, 2.05) is 32.9 Å². The van der Waals surface area contributed by atoms with Gasteiger partial charge < -0.3 is 9.15 Å². The molecule has 2 rings (SSSR count). The third-order valence-electron chi connectivity index (χ3n) is 2.89. The molecule has 0 unspecified atom stereocenters. The van der Waals surface area contributed by atoms with Crippen LogP contribution in [0.1, 0.15) is 19.4 Å². The monoisotopic (exact) mass is 370 g/mol. The van der Waals surface area contributed by atoms with E-state index in [0.717, 1.165) is 14.5 Å². The summed E-state index contributed by atoms with van der Waals surface area (Å²) in [4.78, 5) is 11.5. The summed E-state index contributed by atoms with van der Waals surface area (Å²) in [6, 6.07) is 5.29. The molecular weight excluding hydrogens is 355 g/mol. The third kappa shape index (κ3) is 2.83. The molecule has 0 N–H and O–H groups in total. The molecule has 0 saturated carbocycles. The second kappa shape index (κ2) is 5.00. The zero-order valence-electron chi connectivity index (χ0n) is 11.1. The van der Waals surface area contributed by atoms with E-state index in [9.17, 15) is 4.79 Å². The Bertz CT molecular complexity index is 698. The maximum atomic E-state index is 11.5. The molecular formula is C15H15IO3. The van der Waals surface area contributed by atoms with Crippen molar-refractivity contribution in [2.45, 2.75) is 26.4 Å². The highest BCUT2D eigenvalue weighted by atomic mass is 127. The molecule has 0 spiro atoms. The zero-order valence-corrected chi connectivity index (χ0v) is 13.3. The van der Waals surface area contributed by atoms with Gasteiger partial charge in [0.05, 0.1) is 3.57 Å². The van der Waals surface area contributed by atoms with Crippen molar-refractivity contribution < 1.29 is 9.15 Å². The first-order valence-electron chi connectivity index (χ1n) is 5.89. The van der Waals surface area contributed by atoms with Gasteiger partial charge in [-0.2, -0.15) is 0 Å². The molecule has 100 valence electrons. The van der Waals surface area contributed by atoms with Crippen molar-refractivity contribution in [1.29, 1.82) is 0 Å². The van der Waals surface area contributed by atoms with Crippen LogP contribution in [0.4, 0.5) is 0 Å². The number of rotatable bonds is 3. The maximum Gasteiger partial charge on any atom is 0.336 e. The van der Waals surface area contributed by atoms with Gasteiger partial charge in [0.15, 0.2) is 5.58 Å². The summed E-state index contributed by atoms with van der Waals surface area (Å²) in [5.41, 5.74) is 0.655. The van der Waals surface area contributed by atoms with E-state index < -0.39 is 5.60 Å². The van der Waals surface area contributed by atoms with Gasteiger partial charge in [-0.15, -0.1) is 0 Å². The molecule has 0 aliphatic carbocycles. The lowest BCUT2D eigenvalue weighted by atomic mass is 10.1. The van der Waals surface area contributed by atoms with Crippen LogP contribution in [-0.4, -0.2) is 5.60 Å². The first kappa shape index (κ1) is 14.1. The van der Waals surface area contributed by atoms with Gasteiger partial charge in [-0.05, 0) is 67.1 Å². The molecule has 0 aliphatic rings. The zero-order chi connectivity index (χ0) is 14.2. The quantitative estimate of drug-likeness (QED) is 0.465. The van der Waals surface area contributed by atoms with E-state index >= 15 is 0 Å². The van der Waals surface area contributed by atoms with E-state index in [2.05, 4.69) is 29.2 Å². The van der Waals surface area contributed by atoms with Gasteiger partial charge in [0.1, 0.15) is 11.4 Å². The van der Waals surface area contributed by atoms with Crippen LogP contribution in [-0.2, 0) is 0 Å². The van der Waals surface area contributed by atoms with E-state index in [1.165, 1.54) is 6.07 Å². The van der Waals surface area contributed by atoms with Crippen molar-refractivity contribution in [1.82, 2.24) is 0 Å². The first-order chi connectivity index (χ1) is 8.84. The van der Waals surface area contributed by atoms with Crippen molar-refractivity contribution in [2.75, 3.05) is 0 Å². The highest BCUT2D eigenvalue weighted by molar-refractivity contribution is 14.1. The van der Waals surface area contributed by atoms with E-state index in [4.69, 9.17) is 9.15 Å². The molecule has 0 atom stereocenters. The molecule has 3 nitrogen and oxygen atoms in total. The van der Waals surface area contributed by atoms with Crippen LogP contribution in [0.5, 0.6) is 5.75 Å². The van der Waals surface area contributed by atoms with Gasteiger partial charge >= 0.3 is 5.63 Å². The maximum absolute atomic E-state index is 11.5. The number of aryl methyl sites for hydroxylation is 1. The standard InChI is InChI=1S/C15H15IO3/c1-5-15(3,4)19-11-7-6-10-9(2)8-12(17)18-14(10)13(11)16/h5-8H,1H2,2-4H3. The van der Waals surface area contributed by atoms with Crippen molar-refractivity contribution >= 4 is 33.6 Å². The molecule has 1 heterocycles. The molecule has 0 aliphatic heterocycles. The minimum Gasteiger partial charge on any atom is -0.483 e. The Hall–Kier alpha value is -1.30. The van der Waals surface area contributed by atoms with Crippen LogP contribution in [0.2, 0.25) is 0 Å². The van der Waals surface area contributed by atoms with E-state index in [0.29, 0.717) is 11.3 Å². The Kier molecular flexibility index (Phi) is 3.71. The molecule has 0 saturated heterocycles. The van der Waals surface area contributed by atoms with Crippen molar-refractivity contribution in [3.63, 3.8) is 0 Å². The number of benzene rings is 1. The van der Waals surface area contributed by atoms with Crippen LogP contribution in [0.25, 0.3) is 11.0 Å². The number of hydrogen-bond acceptors (Lipinski definition) is 3. The van der Waals surface area contributed by atoms with Gasteiger partial charge in [-0.3, -0.25) is 0 Å². The van der Waals surface area contributed by atoms with Crippen LogP contribution >= 0.6 is 22.6 Å². The van der Waals surface area contributed by atoms with Crippen LogP contribution in [0, 0.1) is 10.5 Å². The van der Waals surface area contributed by atoms with Crippen LogP contribution in [0.3, 0.4) is 0 Å². The first-order valence-corrected chi connectivity index (χ1v) is 6.97. The minimum absolute atomic E-state index is 0.344. The molecule has 0 fully saturated rings. The molecule has 1 aromatic carbocycles. The lowest BCUT2D eigenvalue weighted by molar-refractivity contribution is 0.161. The highest BCUT2D eigenvalue weighted by Gasteiger charge is 2.18. The molecule has 2 aromatic rings. The van der Waals surface area contributed by atoms with Gasteiger partial charge in [0, 0.05) is 11.5 Å². The predicted molar refractivity (Wildman–Crippen MR) is 84.8 cm³/mol. The molecule has 0 amide bonds. The molecule has 0 radical (unpaired) electrons. The average Bonchev–Trinajstić information content (AvgIpc) is 2.33. The van der Waals surface area contributed by atoms with Gasteiger partial charge in [0.2, 0.25) is 0 Å². The van der Waals surface area contributed by atoms with Crippen molar-refractivity contribution in [2.24, 2.45) is 0 Å². The summed E-state index contributed by atoms with van der Waals surface area (Å²) in [6.45, 7) is 9.49. The number of fused-ring (bicyclic) bond motifs is 1. The van der Waals surface area contributed by atoms with Gasteiger partial charge in [-0.1, -0.05) is 6.58 Å². The topological polar surface area (TPSA) is 39.4 Å². The number of halogens is 1. The smallest absolute Gasteiger partial charge is 0.336 e. The SMILES string of the molecule is C=CC(C)(C)Oc1ccc2c(C)cc(=O)oc2c1I. The van der Waals surface area contributed by atoms with Gasteiger partial charge in [0.25, 0.3) is 0 Å². The van der Waals surface area contributed by atoms with Crippen LogP contribution in [0.15, 0.2) is 40.1 Å². The number of ether oxygens (including phenoxy) is 1. The minimum atomic E-state index is -0.474. The Balaban J connectivity index is 2.64.